The molecular weight excluding hydrogens is 316 g/mol. The van der Waals surface area contributed by atoms with Gasteiger partial charge < -0.3 is 10.1 Å². The molecular formula is C16H24N2O4S. The number of hydrogen-bond donors (Lipinski definition) is 2. The van der Waals surface area contributed by atoms with Crippen LogP contribution < -0.4 is 10.0 Å². The molecule has 1 aliphatic carbocycles. The molecule has 0 radical (unpaired) electrons. The molecule has 1 saturated carbocycles. The van der Waals surface area contributed by atoms with Crippen LogP contribution in [-0.2, 0) is 19.6 Å². The molecule has 0 unspecified atom stereocenters. The van der Waals surface area contributed by atoms with Gasteiger partial charge in [-0.05, 0) is 18.4 Å². The third-order valence-corrected chi connectivity index (χ3v) is 4.49. The fourth-order valence-corrected chi connectivity index (χ4v) is 3.12. The number of sulfonamides is 1. The number of nitrogens with one attached hydrogen (secondary N) is 2. The van der Waals surface area contributed by atoms with Gasteiger partial charge in [0.05, 0.1) is 12.4 Å². The monoisotopic (exact) mass is 340 g/mol. The molecule has 2 N–H and O–H groups in total. The summed E-state index contributed by atoms with van der Waals surface area (Å²) in [6, 6.07) is 9.38. The zero-order valence-corrected chi connectivity index (χ0v) is 14.1. The van der Waals surface area contributed by atoms with Gasteiger partial charge in [0, 0.05) is 13.1 Å². The number of rotatable bonds is 8. The van der Waals surface area contributed by atoms with E-state index in [0.29, 0.717) is 0 Å². The Balaban J connectivity index is 1.94. The zero-order valence-electron chi connectivity index (χ0n) is 13.3. The van der Waals surface area contributed by atoms with Crippen molar-refractivity contribution in [2.24, 2.45) is 0 Å². The maximum Gasteiger partial charge on any atom is 0.253 e. The van der Waals surface area contributed by atoms with Crippen LogP contribution in [0.4, 0.5) is 0 Å². The fourth-order valence-electron chi connectivity index (χ4n) is 2.65. The van der Waals surface area contributed by atoms with Crippen LogP contribution in [0.2, 0.25) is 0 Å². The van der Waals surface area contributed by atoms with Crippen molar-refractivity contribution in [3.05, 3.63) is 35.9 Å². The average molecular weight is 340 g/mol. The Kier molecular flexibility index (Phi) is 6.56. The number of benzene rings is 1. The van der Waals surface area contributed by atoms with Gasteiger partial charge in [-0.2, -0.15) is 0 Å². The summed E-state index contributed by atoms with van der Waals surface area (Å²) in [6.45, 7) is 0.388. The molecule has 0 aliphatic heterocycles. The van der Waals surface area contributed by atoms with Gasteiger partial charge in [-0.3, -0.25) is 4.79 Å². The third-order valence-electron chi connectivity index (χ3n) is 3.76. The SMILES string of the molecule is CS(=O)(=O)NCCNC(=O)[C@@H](OC1CCCC1)c1ccccc1. The summed E-state index contributed by atoms with van der Waals surface area (Å²) in [5, 5.41) is 2.74. The molecule has 1 aliphatic rings. The van der Waals surface area contributed by atoms with Gasteiger partial charge >= 0.3 is 0 Å². The highest BCUT2D eigenvalue weighted by molar-refractivity contribution is 7.88. The lowest BCUT2D eigenvalue weighted by atomic mass is 10.1. The van der Waals surface area contributed by atoms with E-state index >= 15 is 0 Å². The average Bonchev–Trinajstić information content (AvgIpc) is 3.02. The number of amides is 1. The van der Waals surface area contributed by atoms with Gasteiger partial charge in [-0.25, -0.2) is 13.1 Å². The van der Waals surface area contributed by atoms with Crippen LogP contribution in [0, 0.1) is 0 Å². The summed E-state index contributed by atoms with van der Waals surface area (Å²) in [4.78, 5) is 12.4. The number of hydrogen-bond acceptors (Lipinski definition) is 4. The minimum absolute atomic E-state index is 0.111. The molecule has 0 aromatic heterocycles. The molecule has 7 heteroatoms. The van der Waals surface area contributed by atoms with Crippen molar-refractivity contribution in [3.8, 4) is 0 Å². The molecule has 0 heterocycles. The van der Waals surface area contributed by atoms with Crippen LogP contribution in [0.1, 0.15) is 37.4 Å². The van der Waals surface area contributed by atoms with Crippen LogP contribution in [-0.4, -0.2) is 39.8 Å². The minimum atomic E-state index is -3.25. The molecule has 0 spiro atoms. The molecule has 1 aromatic rings. The largest absolute Gasteiger partial charge is 0.360 e. The number of carbonyl (C=O) groups excluding carboxylic acids is 1. The Bertz CT molecular complexity index is 598. The van der Waals surface area contributed by atoms with E-state index < -0.39 is 16.1 Å². The van der Waals surface area contributed by atoms with Crippen molar-refractivity contribution in [1.82, 2.24) is 10.0 Å². The lowest BCUT2D eigenvalue weighted by molar-refractivity contribution is -0.137. The highest BCUT2D eigenvalue weighted by atomic mass is 32.2. The van der Waals surface area contributed by atoms with Crippen molar-refractivity contribution in [3.63, 3.8) is 0 Å². The topological polar surface area (TPSA) is 84.5 Å². The number of ether oxygens (including phenoxy) is 1. The van der Waals surface area contributed by atoms with Gasteiger partial charge in [-0.15, -0.1) is 0 Å². The molecule has 6 nitrogen and oxygen atoms in total. The van der Waals surface area contributed by atoms with Gasteiger partial charge in [0.15, 0.2) is 6.10 Å². The van der Waals surface area contributed by atoms with Crippen molar-refractivity contribution < 1.29 is 17.9 Å². The third kappa shape index (κ3) is 6.29. The quantitative estimate of drug-likeness (QED) is 0.700. The molecule has 1 aromatic carbocycles. The molecule has 1 atom stereocenters. The van der Waals surface area contributed by atoms with E-state index in [9.17, 15) is 13.2 Å². The molecule has 0 bridgehead atoms. The summed E-state index contributed by atoms with van der Waals surface area (Å²) in [7, 11) is -3.25. The fraction of sp³-hybridized carbons (Fsp3) is 0.562. The van der Waals surface area contributed by atoms with E-state index in [1.807, 2.05) is 30.3 Å². The van der Waals surface area contributed by atoms with Crippen molar-refractivity contribution in [2.75, 3.05) is 19.3 Å². The highest BCUT2D eigenvalue weighted by Crippen LogP contribution is 2.27. The van der Waals surface area contributed by atoms with Gasteiger partial charge in [0.2, 0.25) is 10.0 Å². The second kappa shape index (κ2) is 8.42. The summed E-state index contributed by atoms with van der Waals surface area (Å²) >= 11 is 0. The lowest BCUT2D eigenvalue weighted by Gasteiger charge is -2.22. The molecule has 128 valence electrons. The molecule has 0 saturated heterocycles. The predicted octanol–water partition coefficient (Wildman–Crippen LogP) is 1.35. The Labute approximate surface area is 137 Å². The zero-order chi connectivity index (χ0) is 16.7. The Morgan fingerprint density at radius 3 is 2.48 bits per heavy atom. The second-order valence-corrected chi connectivity index (χ2v) is 7.62. The first-order valence-corrected chi connectivity index (χ1v) is 9.77. The Hall–Kier alpha value is -1.44. The van der Waals surface area contributed by atoms with E-state index in [-0.39, 0.29) is 25.1 Å². The van der Waals surface area contributed by atoms with Crippen molar-refractivity contribution in [1.29, 1.82) is 0 Å². The van der Waals surface area contributed by atoms with Crippen LogP contribution in [0.15, 0.2) is 30.3 Å². The molecule has 23 heavy (non-hydrogen) atoms. The second-order valence-electron chi connectivity index (χ2n) is 5.79. The van der Waals surface area contributed by atoms with E-state index in [1.165, 1.54) is 0 Å². The normalized spacial score (nSPS) is 17.1. The van der Waals surface area contributed by atoms with E-state index in [2.05, 4.69) is 10.0 Å². The standard InChI is InChI=1S/C16H24N2O4S/c1-23(20,21)18-12-11-17-16(19)15(13-7-3-2-4-8-13)22-14-9-5-6-10-14/h2-4,7-8,14-15,18H,5-6,9-12H2,1H3,(H,17,19)/t15-/m0/s1. The van der Waals surface area contributed by atoms with E-state index in [0.717, 1.165) is 37.5 Å². The maximum absolute atomic E-state index is 12.4. The van der Waals surface area contributed by atoms with Gasteiger partial charge in [-0.1, -0.05) is 43.2 Å². The van der Waals surface area contributed by atoms with Crippen LogP contribution in [0.3, 0.4) is 0 Å². The van der Waals surface area contributed by atoms with Crippen LogP contribution in [0.5, 0.6) is 0 Å². The lowest BCUT2D eigenvalue weighted by Crippen LogP contribution is -2.38. The van der Waals surface area contributed by atoms with Crippen molar-refractivity contribution >= 4 is 15.9 Å². The summed E-state index contributed by atoms with van der Waals surface area (Å²) in [6.07, 6.45) is 4.76. The van der Waals surface area contributed by atoms with Crippen LogP contribution in [0.25, 0.3) is 0 Å². The Morgan fingerprint density at radius 2 is 1.87 bits per heavy atom. The molecule has 1 amide bonds. The first-order valence-electron chi connectivity index (χ1n) is 7.88. The van der Waals surface area contributed by atoms with E-state index in [1.54, 1.807) is 0 Å². The maximum atomic E-state index is 12.4. The number of carbonyl (C=O) groups is 1. The van der Waals surface area contributed by atoms with E-state index in [4.69, 9.17) is 4.74 Å². The highest BCUT2D eigenvalue weighted by Gasteiger charge is 2.26. The smallest absolute Gasteiger partial charge is 0.253 e. The summed E-state index contributed by atoms with van der Waals surface area (Å²) in [5.74, 6) is -0.238. The molecule has 1 fully saturated rings. The summed E-state index contributed by atoms with van der Waals surface area (Å²) in [5.41, 5.74) is 0.813. The van der Waals surface area contributed by atoms with Crippen molar-refractivity contribution in [2.45, 2.75) is 37.9 Å². The first-order chi connectivity index (χ1) is 11.0. The predicted molar refractivity (Wildman–Crippen MR) is 88.4 cm³/mol. The Morgan fingerprint density at radius 1 is 1.22 bits per heavy atom. The van der Waals surface area contributed by atoms with Gasteiger partial charge in [0.1, 0.15) is 0 Å². The molecule has 2 rings (SSSR count). The summed E-state index contributed by atoms with van der Waals surface area (Å²) < 4.78 is 30.4. The van der Waals surface area contributed by atoms with Gasteiger partial charge in [0.25, 0.3) is 5.91 Å². The van der Waals surface area contributed by atoms with Crippen LogP contribution >= 0.6 is 0 Å². The first kappa shape index (κ1) is 17.9. The minimum Gasteiger partial charge on any atom is -0.360 e.